The molecular weight excluding hydrogens is 362 g/mol. The van der Waals surface area contributed by atoms with Gasteiger partial charge in [0.05, 0.1) is 16.6 Å². The van der Waals surface area contributed by atoms with Crippen LogP contribution < -0.4 is 5.32 Å². The molecular formula is C17H14ClN3O5. The molecule has 0 saturated carbocycles. The van der Waals surface area contributed by atoms with Gasteiger partial charge in [0.15, 0.2) is 0 Å². The molecule has 0 radical (unpaired) electrons. The van der Waals surface area contributed by atoms with Crippen molar-refractivity contribution in [2.45, 2.75) is 0 Å². The largest absolute Gasteiger partial charge is 0.457 e. The molecule has 1 heterocycles. The molecule has 0 fully saturated rings. The Kier molecular flexibility index (Phi) is 6.49. The Morgan fingerprint density at radius 1 is 1.46 bits per heavy atom. The number of methoxy groups -OCH3 is 1. The van der Waals surface area contributed by atoms with Gasteiger partial charge < -0.3 is 14.5 Å². The number of carbonyl (C=O) groups excluding carboxylic acids is 1. The highest BCUT2D eigenvalue weighted by Gasteiger charge is 2.15. The maximum atomic E-state index is 11.9. The van der Waals surface area contributed by atoms with Crippen molar-refractivity contribution in [2.75, 3.05) is 20.3 Å². The number of amides is 1. The third kappa shape index (κ3) is 4.69. The SMILES string of the molecule is COCCNC(=O)/C(C#N)=C/c1ccc(-c2cc([N+](=O)[O-])ccc2Cl)o1. The highest BCUT2D eigenvalue weighted by Crippen LogP contribution is 2.33. The van der Waals surface area contributed by atoms with Crippen molar-refractivity contribution in [1.29, 1.82) is 5.26 Å². The second-order valence-corrected chi connectivity index (χ2v) is 5.45. The monoisotopic (exact) mass is 375 g/mol. The Morgan fingerprint density at radius 2 is 2.23 bits per heavy atom. The van der Waals surface area contributed by atoms with Crippen molar-refractivity contribution in [3.8, 4) is 17.4 Å². The van der Waals surface area contributed by atoms with Gasteiger partial charge in [0, 0.05) is 37.4 Å². The number of nitro benzene ring substituents is 1. The van der Waals surface area contributed by atoms with Crippen LogP contribution >= 0.6 is 11.6 Å². The molecule has 0 saturated heterocycles. The fourth-order valence-corrected chi connectivity index (χ4v) is 2.25. The number of furan rings is 1. The summed E-state index contributed by atoms with van der Waals surface area (Å²) in [5.74, 6) is -0.0427. The summed E-state index contributed by atoms with van der Waals surface area (Å²) < 4.78 is 10.4. The van der Waals surface area contributed by atoms with E-state index < -0.39 is 10.8 Å². The molecule has 1 amide bonds. The Hall–Kier alpha value is -3.15. The van der Waals surface area contributed by atoms with Gasteiger partial charge >= 0.3 is 0 Å². The van der Waals surface area contributed by atoms with Gasteiger partial charge in [-0.15, -0.1) is 0 Å². The quantitative estimate of drug-likeness (QED) is 0.261. The number of non-ortho nitro benzene ring substituents is 1. The number of nitrogens with one attached hydrogen (secondary N) is 1. The molecule has 1 aromatic carbocycles. The number of nitrogens with zero attached hydrogens (tertiary/aromatic N) is 2. The summed E-state index contributed by atoms with van der Waals surface area (Å²) in [6.45, 7) is 0.585. The Morgan fingerprint density at radius 3 is 2.88 bits per heavy atom. The third-order valence-corrected chi connectivity index (χ3v) is 3.63. The standard InChI is InChI=1S/C17H14ClN3O5/c1-25-7-6-20-17(22)11(10-19)8-13-3-5-16(26-13)14-9-12(21(23)24)2-4-15(14)18/h2-5,8-9H,6-7H2,1H3,(H,20,22)/b11-8+. The van der Waals surface area contributed by atoms with Crippen molar-refractivity contribution in [3.63, 3.8) is 0 Å². The lowest BCUT2D eigenvalue weighted by Crippen LogP contribution is -2.27. The predicted molar refractivity (Wildman–Crippen MR) is 94.3 cm³/mol. The van der Waals surface area contributed by atoms with Crippen LogP contribution in [0.1, 0.15) is 5.76 Å². The molecule has 0 aliphatic carbocycles. The van der Waals surface area contributed by atoms with Gasteiger partial charge in [-0.2, -0.15) is 5.26 Å². The lowest BCUT2D eigenvalue weighted by atomic mass is 10.1. The number of nitro groups is 1. The molecule has 0 spiro atoms. The summed E-state index contributed by atoms with van der Waals surface area (Å²) >= 11 is 6.07. The zero-order valence-corrected chi connectivity index (χ0v) is 14.4. The summed E-state index contributed by atoms with van der Waals surface area (Å²) in [6.07, 6.45) is 1.27. The van der Waals surface area contributed by atoms with Gasteiger partial charge in [-0.3, -0.25) is 14.9 Å². The van der Waals surface area contributed by atoms with Crippen LogP contribution in [0.2, 0.25) is 5.02 Å². The Labute approximate surface area is 153 Å². The minimum absolute atomic E-state index is 0.131. The third-order valence-electron chi connectivity index (χ3n) is 3.30. The van der Waals surface area contributed by atoms with Crippen LogP contribution in [0, 0.1) is 21.4 Å². The van der Waals surface area contributed by atoms with Crippen molar-refractivity contribution in [2.24, 2.45) is 0 Å². The van der Waals surface area contributed by atoms with E-state index in [2.05, 4.69) is 5.32 Å². The number of hydrogen-bond acceptors (Lipinski definition) is 6. The van der Waals surface area contributed by atoms with E-state index >= 15 is 0 Å². The highest BCUT2D eigenvalue weighted by molar-refractivity contribution is 6.33. The first-order chi connectivity index (χ1) is 12.5. The first kappa shape index (κ1) is 19.2. The van der Waals surface area contributed by atoms with Crippen molar-refractivity contribution < 1.29 is 18.9 Å². The lowest BCUT2D eigenvalue weighted by molar-refractivity contribution is -0.384. The fraction of sp³-hybridized carbons (Fsp3) is 0.176. The lowest BCUT2D eigenvalue weighted by Gasteiger charge is -2.02. The average Bonchev–Trinajstić information content (AvgIpc) is 3.08. The number of rotatable bonds is 7. The van der Waals surface area contributed by atoms with Crippen molar-refractivity contribution in [3.05, 3.63) is 56.8 Å². The van der Waals surface area contributed by atoms with E-state index in [0.717, 1.165) is 0 Å². The Balaban J connectivity index is 2.26. The minimum Gasteiger partial charge on any atom is -0.457 e. The fourth-order valence-electron chi connectivity index (χ4n) is 2.04. The van der Waals surface area contributed by atoms with Crippen LogP contribution in [0.15, 0.2) is 40.3 Å². The van der Waals surface area contributed by atoms with E-state index in [1.165, 1.54) is 37.5 Å². The molecule has 0 atom stereocenters. The smallest absolute Gasteiger partial charge is 0.270 e. The van der Waals surface area contributed by atoms with Crippen LogP contribution in [-0.4, -0.2) is 31.1 Å². The molecule has 1 N–H and O–H groups in total. The second-order valence-electron chi connectivity index (χ2n) is 5.04. The molecule has 0 unspecified atom stereocenters. The molecule has 8 nitrogen and oxygen atoms in total. The van der Waals surface area contributed by atoms with E-state index in [1.807, 2.05) is 0 Å². The predicted octanol–water partition coefficient (Wildman–Crippen LogP) is 3.18. The van der Waals surface area contributed by atoms with Crippen LogP contribution in [0.5, 0.6) is 0 Å². The van der Waals surface area contributed by atoms with Crippen molar-refractivity contribution >= 4 is 29.3 Å². The summed E-state index contributed by atoms with van der Waals surface area (Å²) in [5, 5.41) is 22.8. The summed E-state index contributed by atoms with van der Waals surface area (Å²) in [7, 11) is 1.50. The number of carbonyl (C=O) groups is 1. The number of hydrogen-bond donors (Lipinski definition) is 1. The van der Waals surface area contributed by atoms with Crippen LogP contribution in [0.25, 0.3) is 17.4 Å². The maximum absolute atomic E-state index is 11.9. The maximum Gasteiger partial charge on any atom is 0.270 e. The van der Waals surface area contributed by atoms with Gasteiger partial charge in [-0.05, 0) is 18.2 Å². The van der Waals surface area contributed by atoms with E-state index in [1.54, 1.807) is 12.1 Å². The van der Waals surface area contributed by atoms with E-state index in [9.17, 15) is 14.9 Å². The first-order valence-electron chi connectivity index (χ1n) is 7.39. The molecule has 2 aromatic rings. The molecule has 9 heteroatoms. The van der Waals surface area contributed by atoms with Crippen LogP contribution in [0.3, 0.4) is 0 Å². The highest BCUT2D eigenvalue weighted by atomic mass is 35.5. The number of nitriles is 1. The molecule has 0 aliphatic rings. The van der Waals surface area contributed by atoms with Gasteiger partial charge in [-0.1, -0.05) is 11.6 Å². The van der Waals surface area contributed by atoms with Gasteiger partial charge in [-0.25, -0.2) is 0 Å². The number of halogens is 1. The summed E-state index contributed by atoms with van der Waals surface area (Å²) in [6, 6.07) is 8.85. The van der Waals surface area contributed by atoms with Gasteiger partial charge in [0.1, 0.15) is 23.2 Å². The molecule has 0 bridgehead atoms. The Bertz CT molecular complexity index is 898. The molecule has 2 rings (SSSR count). The molecule has 26 heavy (non-hydrogen) atoms. The zero-order chi connectivity index (χ0) is 19.1. The zero-order valence-electron chi connectivity index (χ0n) is 13.7. The topological polar surface area (TPSA) is 118 Å². The number of ether oxygens (including phenoxy) is 1. The van der Waals surface area contributed by atoms with E-state index in [4.69, 9.17) is 26.0 Å². The summed E-state index contributed by atoms with van der Waals surface area (Å²) in [4.78, 5) is 22.3. The van der Waals surface area contributed by atoms with E-state index in [0.29, 0.717) is 12.2 Å². The average molecular weight is 376 g/mol. The van der Waals surface area contributed by atoms with Gasteiger partial charge in [0.25, 0.3) is 11.6 Å². The molecule has 0 aliphatic heterocycles. The van der Waals surface area contributed by atoms with Gasteiger partial charge in [0.2, 0.25) is 0 Å². The minimum atomic E-state index is -0.559. The van der Waals surface area contributed by atoms with Crippen molar-refractivity contribution in [1.82, 2.24) is 5.32 Å². The molecule has 134 valence electrons. The van der Waals surface area contributed by atoms with Crippen LogP contribution in [0.4, 0.5) is 5.69 Å². The second kappa shape index (κ2) is 8.80. The normalized spacial score (nSPS) is 11.0. The first-order valence-corrected chi connectivity index (χ1v) is 7.77. The summed E-state index contributed by atoms with van der Waals surface area (Å²) in [5.41, 5.74) is 0.0591. The molecule has 1 aromatic heterocycles. The number of benzene rings is 1. The van der Waals surface area contributed by atoms with E-state index in [-0.39, 0.29) is 34.3 Å². The van der Waals surface area contributed by atoms with Crippen LogP contribution in [-0.2, 0) is 9.53 Å².